The molecule has 1 heterocycles. The van der Waals surface area contributed by atoms with Gasteiger partial charge in [0.2, 0.25) is 5.91 Å². The minimum Gasteiger partial charge on any atom is -0.383 e. The minimum atomic E-state index is -0.984. The van der Waals surface area contributed by atoms with E-state index in [0.29, 0.717) is 17.0 Å². The van der Waals surface area contributed by atoms with E-state index >= 15 is 0 Å². The number of fused-ring (bicyclic) bond motifs is 1. The Labute approximate surface area is 159 Å². The number of nitrogens with one attached hydrogen (secondary N) is 1. The predicted octanol–water partition coefficient (Wildman–Crippen LogP) is 2.91. The van der Waals surface area contributed by atoms with E-state index in [1.807, 2.05) is 26.0 Å². The van der Waals surface area contributed by atoms with E-state index in [2.05, 4.69) is 28.3 Å². The Morgan fingerprint density at radius 1 is 1.22 bits per heavy atom. The van der Waals surface area contributed by atoms with Crippen molar-refractivity contribution in [3.05, 3.63) is 35.7 Å². The molecule has 4 atom stereocenters. The third kappa shape index (κ3) is 4.09. The molecule has 1 fully saturated rings. The van der Waals surface area contributed by atoms with Crippen LogP contribution in [-0.2, 0) is 4.79 Å². The Hall–Kier alpha value is -2.52. The number of amides is 1. The molecule has 6 nitrogen and oxygen atoms in total. The first-order chi connectivity index (χ1) is 12.9. The number of aliphatic hydroxyl groups is 1. The van der Waals surface area contributed by atoms with Crippen LogP contribution in [0.25, 0.3) is 11.0 Å². The van der Waals surface area contributed by atoms with E-state index in [0.717, 1.165) is 30.3 Å². The van der Waals surface area contributed by atoms with Crippen molar-refractivity contribution in [3.63, 3.8) is 0 Å². The molecule has 1 saturated carbocycles. The number of benzene rings is 1. The number of nitrogens with zero attached hydrogens (tertiary/aromatic N) is 3. The van der Waals surface area contributed by atoms with Gasteiger partial charge in [-0.1, -0.05) is 26.8 Å². The summed E-state index contributed by atoms with van der Waals surface area (Å²) < 4.78 is 0. The summed E-state index contributed by atoms with van der Waals surface area (Å²) in [6, 6.07) is 5.97. The molecule has 0 spiro atoms. The molecule has 2 N–H and O–H groups in total. The number of hydrogen-bond donors (Lipinski definition) is 2. The van der Waals surface area contributed by atoms with E-state index in [4.69, 9.17) is 0 Å². The third-order valence-electron chi connectivity index (χ3n) is 5.41. The number of aromatic nitrogens is 2. The van der Waals surface area contributed by atoms with Gasteiger partial charge in [0.05, 0.1) is 11.1 Å². The van der Waals surface area contributed by atoms with Crippen LogP contribution in [0.5, 0.6) is 0 Å². The lowest BCUT2D eigenvalue weighted by molar-refractivity contribution is -0.132. The summed E-state index contributed by atoms with van der Waals surface area (Å²) in [4.78, 5) is 21.1. The van der Waals surface area contributed by atoms with Gasteiger partial charge in [0.25, 0.3) is 0 Å². The lowest BCUT2D eigenvalue weighted by Crippen LogP contribution is -2.46. The average molecular weight is 366 g/mol. The quantitative estimate of drug-likeness (QED) is 0.867. The van der Waals surface area contributed by atoms with Crippen LogP contribution in [0.15, 0.2) is 24.5 Å². The highest BCUT2D eigenvalue weighted by Crippen LogP contribution is 2.38. The summed E-state index contributed by atoms with van der Waals surface area (Å²) in [6.07, 6.45) is 4.95. The van der Waals surface area contributed by atoms with Gasteiger partial charge in [-0.25, -0.2) is 0 Å². The van der Waals surface area contributed by atoms with Crippen molar-refractivity contribution >= 4 is 16.9 Å². The minimum absolute atomic E-state index is 0.0158. The largest absolute Gasteiger partial charge is 0.383 e. The van der Waals surface area contributed by atoms with Gasteiger partial charge in [-0.15, -0.1) is 0 Å². The van der Waals surface area contributed by atoms with Crippen LogP contribution in [-0.4, -0.2) is 33.1 Å². The molecule has 0 aliphatic heterocycles. The van der Waals surface area contributed by atoms with Gasteiger partial charge in [-0.2, -0.15) is 5.26 Å². The zero-order valence-electron chi connectivity index (χ0n) is 16.0. The summed E-state index contributed by atoms with van der Waals surface area (Å²) in [5.74, 6) is 0.252. The highest BCUT2D eigenvalue weighted by Gasteiger charge is 2.31. The zero-order valence-corrected chi connectivity index (χ0v) is 16.0. The molecule has 3 rings (SSSR count). The fourth-order valence-corrected chi connectivity index (χ4v) is 4.06. The van der Waals surface area contributed by atoms with Crippen molar-refractivity contribution < 1.29 is 9.90 Å². The Kier molecular flexibility index (Phi) is 5.71. The maximum Gasteiger partial charge on any atom is 0.249 e. The first kappa shape index (κ1) is 19.2. The summed E-state index contributed by atoms with van der Waals surface area (Å²) in [5.41, 5.74) is 3.00. The maximum atomic E-state index is 12.3. The lowest BCUT2D eigenvalue weighted by atomic mass is 9.75. The molecule has 1 aromatic heterocycles. The van der Waals surface area contributed by atoms with Crippen LogP contribution >= 0.6 is 0 Å². The number of carbonyl (C=O) groups is 1. The molecule has 1 aromatic carbocycles. The highest BCUT2D eigenvalue weighted by molar-refractivity contribution is 5.84. The second kappa shape index (κ2) is 8.01. The van der Waals surface area contributed by atoms with E-state index < -0.39 is 6.10 Å². The van der Waals surface area contributed by atoms with Crippen LogP contribution in [0.1, 0.15) is 57.1 Å². The molecule has 1 aliphatic carbocycles. The van der Waals surface area contributed by atoms with Crippen molar-refractivity contribution in [2.24, 2.45) is 11.8 Å². The Balaban J connectivity index is 1.86. The monoisotopic (exact) mass is 366 g/mol. The van der Waals surface area contributed by atoms with E-state index in [-0.39, 0.29) is 23.8 Å². The molecule has 0 bridgehead atoms. The molecule has 1 aliphatic rings. The Bertz CT molecular complexity index is 874. The van der Waals surface area contributed by atoms with Crippen LogP contribution in [0.2, 0.25) is 0 Å². The third-order valence-corrected chi connectivity index (χ3v) is 5.41. The standard InChI is InChI=1S/C21H26N4O2/c1-12(2)20(26)21(27)25-16-9-13(3)8-15(10-16)17-5-4-14(11-22)18-19(17)24-7-6-23-18/h4-7,12-13,15-16,20,26H,8-10H2,1-3H3,(H,25,27)/t13-,15+,16-,20?/m1/s1. The SMILES string of the molecule is CC(C)C(O)C(=O)N[C@@H]1C[C@H](C)C[C@H](c2ccc(C#N)c3nccnc23)C1. The maximum absolute atomic E-state index is 12.3. The van der Waals surface area contributed by atoms with Crippen molar-refractivity contribution in [2.75, 3.05) is 0 Å². The summed E-state index contributed by atoms with van der Waals surface area (Å²) in [6.45, 7) is 5.85. The summed E-state index contributed by atoms with van der Waals surface area (Å²) >= 11 is 0. The van der Waals surface area contributed by atoms with E-state index in [9.17, 15) is 15.2 Å². The van der Waals surface area contributed by atoms with Gasteiger partial charge < -0.3 is 10.4 Å². The summed E-state index contributed by atoms with van der Waals surface area (Å²) in [7, 11) is 0. The number of aliphatic hydroxyl groups excluding tert-OH is 1. The van der Waals surface area contributed by atoms with Crippen LogP contribution < -0.4 is 5.32 Å². The molecule has 0 radical (unpaired) electrons. The number of hydrogen-bond acceptors (Lipinski definition) is 5. The van der Waals surface area contributed by atoms with Gasteiger partial charge in [0.1, 0.15) is 17.7 Å². The van der Waals surface area contributed by atoms with Crippen molar-refractivity contribution in [1.82, 2.24) is 15.3 Å². The van der Waals surface area contributed by atoms with Crippen LogP contribution in [0.3, 0.4) is 0 Å². The molecule has 142 valence electrons. The normalized spacial score (nSPS) is 23.8. The number of nitriles is 1. The molecule has 27 heavy (non-hydrogen) atoms. The summed E-state index contributed by atoms with van der Waals surface area (Å²) in [5, 5.41) is 22.4. The molecule has 1 unspecified atom stereocenters. The zero-order chi connectivity index (χ0) is 19.6. The second-order valence-corrected chi connectivity index (χ2v) is 7.97. The van der Waals surface area contributed by atoms with E-state index in [1.165, 1.54) is 0 Å². The number of rotatable bonds is 4. The molecule has 0 saturated heterocycles. The molecule has 2 aromatic rings. The van der Waals surface area contributed by atoms with Gasteiger partial charge in [-0.3, -0.25) is 14.8 Å². The topological polar surface area (TPSA) is 98.9 Å². The van der Waals surface area contributed by atoms with Gasteiger partial charge in [0.15, 0.2) is 0 Å². The van der Waals surface area contributed by atoms with Crippen molar-refractivity contribution in [3.8, 4) is 6.07 Å². The Morgan fingerprint density at radius 2 is 1.93 bits per heavy atom. The molecular weight excluding hydrogens is 340 g/mol. The molecule has 1 amide bonds. The highest BCUT2D eigenvalue weighted by atomic mass is 16.3. The second-order valence-electron chi connectivity index (χ2n) is 7.97. The fraction of sp³-hybridized carbons (Fsp3) is 0.524. The average Bonchev–Trinajstić information content (AvgIpc) is 2.65. The van der Waals surface area contributed by atoms with Crippen molar-refractivity contribution in [2.45, 2.75) is 58.1 Å². The van der Waals surface area contributed by atoms with Crippen LogP contribution in [0, 0.1) is 23.2 Å². The van der Waals surface area contributed by atoms with Crippen molar-refractivity contribution in [1.29, 1.82) is 5.26 Å². The van der Waals surface area contributed by atoms with Crippen LogP contribution in [0.4, 0.5) is 0 Å². The molecule has 6 heteroatoms. The van der Waals surface area contributed by atoms with Gasteiger partial charge in [0, 0.05) is 18.4 Å². The van der Waals surface area contributed by atoms with Gasteiger partial charge >= 0.3 is 0 Å². The number of carbonyl (C=O) groups excluding carboxylic acids is 1. The predicted molar refractivity (Wildman–Crippen MR) is 103 cm³/mol. The first-order valence-corrected chi connectivity index (χ1v) is 9.52. The van der Waals surface area contributed by atoms with E-state index in [1.54, 1.807) is 12.4 Å². The lowest BCUT2D eigenvalue weighted by Gasteiger charge is -2.35. The molecular formula is C21H26N4O2. The smallest absolute Gasteiger partial charge is 0.249 e. The Morgan fingerprint density at radius 3 is 2.59 bits per heavy atom. The fourth-order valence-electron chi connectivity index (χ4n) is 4.06. The van der Waals surface area contributed by atoms with Gasteiger partial charge in [-0.05, 0) is 48.6 Å². The first-order valence-electron chi connectivity index (χ1n) is 9.52.